The molecule has 1 heterocycles. The van der Waals surface area contributed by atoms with E-state index in [4.69, 9.17) is 25.6 Å². The van der Waals surface area contributed by atoms with Crippen molar-refractivity contribution in [3.8, 4) is 5.75 Å². The van der Waals surface area contributed by atoms with Crippen LogP contribution in [0.4, 0.5) is 4.79 Å². The quantitative estimate of drug-likeness (QED) is 0.489. The molecule has 30 heavy (non-hydrogen) atoms. The molecule has 2 unspecified atom stereocenters. The molecule has 0 aromatic heterocycles. The Kier molecular flexibility index (Phi) is 8.85. The third-order valence-electron chi connectivity index (χ3n) is 4.33. The lowest BCUT2D eigenvalue weighted by Gasteiger charge is -2.35. The number of hydrogen-bond donors (Lipinski definition) is 1. The van der Waals surface area contributed by atoms with Crippen LogP contribution in [0.5, 0.6) is 5.75 Å². The number of carbonyl (C=O) groups excluding carboxylic acids is 1. The largest absolute Gasteiger partial charge is 0.530 e. The smallest absolute Gasteiger partial charge is 0.275 e. The van der Waals surface area contributed by atoms with Gasteiger partial charge in [0.1, 0.15) is 33.8 Å². The first-order valence-electron chi connectivity index (χ1n) is 9.94. The third-order valence-corrected chi connectivity index (χ3v) is 10.3. The lowest BCUT2D eigenvalue weighted by molar-refractivity contribution is -0.251. The molecule has 1 aliphatic rings. The number of amides is 1. The Bertz CT molecular complexity index is 825. The summed E-state index contributed by atoms with van der Waals surface area (Å²) in [6.45, 7) is 7.16. The number of rotatable bonds is 11. The van der Waals surface area contributed by atoms with Gasteiger partial charge in [0.15, 0.2) is 0 Å². The van der Waals surface area contributed by atoms with Crippen LogP contribution in [0, 0.1) is 0 Å². The van der Waals surface area contributed by atoms with Crippen LogP contribution < -0.4 is 15.2 Å². The maximum atomic E-state index is 13.8. The van der Waals surface area contributed by atoms with Crippen molar-refractivity contribution >= 4 is 35.5 Å². The number of para-hydroxylation sites is 1. The van der Waals surface area contributed by atoms with Gasteiger partial charge >= 0.3 is 0 Å². The van der Waals surface area contributed by atoms with E-state index >= 15 is 0 Å². The fourth-order valence-electron chi connectivity index (χ4n) is 3.31. The van der Waals surface area contributed by atoms with E-state index in [1.165, 1.54) is 4.08 Å². The van der Waals surface area contributed by atoms with Crippen molar-refractivity contribution in [3.05, 3.63) is 29.3 Å². The molecule has 0 bridgehead atoms. The van der Waals surface area contributed by atoms with Crippen molar-refractivity contribution in [2.45, 2.75) is 58.4 Å². The minimum atomic E-state index is -3.09. The molecule has 0 spiro atoms. The van der Waals surface area contributed by atoms with Crippen molar-refractivity contribution in [3.63, 3.8) is 0 Å². The zero-order valence-electron chi connectivity index (χ0n) is 18.0. The normalized spacial score (nSPS) is 17.3. The van der Waals surface area contributed by atoms with E-state index < -0.39 is 34.7 Å². The van der Waals surface area contributed by atoms with Gasteiger partial charge in [-0.3, -0.25) is 0 Å². The molecule has 0 saturated heterocycles. The fourth-order valence-corrected chi connectivity index (χ4v) is 8.76. The molecule has 1 aromatic carbocycles. The summed E-state index contributed by atoms with van der Waals surface area (Å²) in [5.41, 5.74) is 0.951. The predicted octanol–water partition coefficient (Wildman–Crippen LogP) is 3.00. The van der Waals surface area contributed by atoms with Gasteiger partial charge in [-0.1, -0.05) is 25.1 Å². The lowest BCUT2D eigenvalue weighted by atomic mass is 10.0. The number of benzene rings is 1. The van der Waals surface area contributed by atoms with Crippen LogP contribution in [-0.2, 0) is 38.3 Å². The van der Waals surface area contributed by atoms with E-state index in [1.54, 1.807) is 26.0 Å². The van der Waals surface area contributed by atoms with Crippen molar-refractivity contribution in [2.24, 2.45) is 0 Å². The molecule has 11 heteroatoms. The maximum absolute atomic E-state index is 13.8. The lowest BCUT2D eigenvalue weighted by Crippen LogP contribution is -2.44. The van der Waals surface area contributed by atoms with Gasteiger partial charge < -0.3 is 29.0 Å². The van der Waals surface area contributed by atoms with Gasteiger partial charge in [-0.2, -0.15) is 0 Å². The highest BCUT2D eigenvalue weighted by molar-refractivity contribution is 8.12. The summed E-state index contributed by atoms with van der Waals surface area (Å²) in [5.74, 6) is 0.534. The molecule has 8 nitrogen and oxygen atoms in total. The van der Waals surface area contributed by atoms with E-state index in [9.17, 15) is 14.1 Å². The Morgan fingerprint density at radius 2 is 2.00 bits per heavy atom. The molecule has 1 aliphatic heterocycles. The summed E-state index contributed by atoms with van der Waals surface area (Å²) in [5, 5.41) is 12.6. The number of ether oxygens (including phenoxy) is 1. The Morgan fingerprint density at radius 3 is 2.53 bits per heavy atom. The maximum Gasteiger partial charge on any atom is 0.275 e. The number of nitrogens with zero attached hydrogens (tertiary/aromatic N) is 1. The predicted molar refractivity (Wildman–Crippen MR) is 119 cm³/mol. The first kappa shape index (κ1) is 25.2. The van der Waals surface area contributed by atoms with Gasteiger partial charge in [0.25, 0.3) is 6.64 Å². The van der Waals surface area contributed by atoms with E-state index in [2.05, 4.69) is 5.32 Å². The Balaban J connectivity index is 2.53. The Labute approximate surface area is 186 Å². The molecule has 170 valence electrons. The third kappa shape index (κ3) is 5.81. The van der Waals surface area contributed by atoms with Crippen LogP contribution >= 0.6 is 6.64 Å². The Morgan fingerprint density at radius 1 is 1.37 bits per heavy atom. The van der Waals surface area contributed by atoms with Gasteiger partial charge in [0, 0.05) is 18.5 Å². The second kappa shape index (κ2) is 10.5. The van der Waals surface area contributed by atoms with Crippen LogP contribution in [0.1, 0.15) is 57.5 Å². The van der Waals surface area contributed by atoms with Crippen LogP contribution in [0.3, 0.4) is 0 Å². The molecule has 0 saturated carbocycles. The number of fused-ring (bicyclic) bond motifs is 1. The molecule has 1 N–H and O–H groups in total. The summed E-state index contributed by atoms with van der Waals surface area (Å²) < 4.78 is 32.8. The summed E-state index contributed by atoms with van der Waals surface area (Å²) >= 11 is 5.66. The molecular weight excluding hydrogens is 447 g/mol. The monoisotopic (exact) mass is 477 g/mol. The Hall–Kier alpha value is -1.03. The molecule has 0 fully saturated rings. The van der Waals surface area contributed by atoms with E-state index in [0.717, 1.165) is 5.56 Å². The van der Waals surface area contributed by atoms with Crippen molar-refractivity contribution in [1.29, 1.82) is 0 Å². The zero-order chi connectivity index (χ0) is 22.5. The van der Waals surface area contributed by atoms with Crippen LogP contribution in [-0.4, -0.2) is 39.7 Å². The highest BCUT2D eigenvalue weighted by atomic mass is 32.5. The van der Waals surface area contributed by atoms with Crippen molar-refractivity contribution in [2.75, 3.05) is 19.8 Å². The second-order valence-corrected chi connectivity index (χ2v) is 12.4. The molecule has 0 radical (unpaired) electrons. The number of nitrogens with one attached hydrogen (secondary N) is 1. The molecule has 1 aromatic rings. The van der Waals surface area contributed by atoms with Gasteiger partial charge in [0.2, 0.25) is 0 Å². The average molecular weight is 478 g/mol. The zero-order valence-corrected chi connectivity index (χ0v) is 20.5. The summed E-state index contributed by atoms with van der Waals surface area (Å²) in [7, 11) is -1.94. The van der Waals surface area contributed by atoms with Crippen molar-refractivity contribution in [1.82, 2.24) is 9.39 Å². The number of carbonyl (C=O) groups is 1. The highest BCUT2D eigenvalue weighted by Gasteiger charge is 2.40. The van der Waals surface area contributed by atoms with Crippen LogP contribution in [0.2, 0.25) is 0 Å². The standard InChI is InChI=1S/C19H31N2O6PS2/c1-6-12-21(28(29,25-7-2)26-8-3)30(24)17(20-18(22)23)15-11-9-10-14-13-19(4,5)27-16(14)15/h9-11,17,20H,6-8,12-13H2,1-5H3,(H,22,23)/p-1. The summed E-state index contributed by atoms with van der Waals surface area (Å²) in [6, 6.07) is 5.42. The van der Waals surface area contributed by atoms with E-state index in [0.29, 0.717) is 30.7 Å². The van der Waals surface area contributed by atoms with Gasteiger partial charge in [-0.25, -0.2) is 4.21 Å². The number of hydrogen-bond acceptors (Lipinski definition) is 7. The first-order valence-corrected chi connectivity index (χ1v) is 13.7. The highest BCUT2D eigenvalue weighted by Crippen LogP contribution is 2.55. The SMILES string of the molecule is CCCN(S(=O)C(NC(=O)[O-])c1cccc2c1OC(C)(C)C2)P(=S)(OCC)OCC. The number of carboxylic acid groups (broad SMARTS) is 1. The first-order chi connectivity index (χ1) is 14.1. The van der Waals surface area contributed by atoms with Gasteiger partial charge in [-0.15, -0.1) is 4.08 Å². The molecular formula is C19H30N2O6PS2-. The van der Waals surface area contributed by atoms with Gasteiger partial charge in [-0.05, 0) is 51.5 Å². The minimum absolute atomic E-state index is 0.283. The van der Waals surface area contributed by atoms with E-state index in [1.807, 2.05) is 26.8 Å². The van der Waals surface area contributed by atoms with Crippen LogP contribution in [0.15, 0.2) is 18.2 Å². The topological polar surface area (TPSA) is 100 Å². The minimum Gasteiger partial charge on any atom is -0.530 e. The fraction of sp³-hybridized carbons (Fsp3) is 0.632. The molecule has 2 atom stereocenters. The van der Waals surface area contributed by atoms with E-state index in [-0.39, 0.29) is 13.2 Å². The molecule has 0 aliphatic carbocycles. The second-order valence-electron chi connectivity index (χ2n) is 7.34. The average Bonchev–Trinajstić information content (AvgIpc) is 2.97. The van der Waals surface area contributed by atoms with Gasteiger partial charge in [0.05, 0.1) is 13.2 Å². The van der Waals surface area contributed by atoms with Crippen molar-refractivity contribution < 1.29 is 27.9 Å². The summed E-state index contributed by atoms with van der Waals surface area (Å²) in [6.07, 6.45) is -0.255. The molecule has 2 rings (SSSR count). The summed E-state index contributed by atoms with van der Waals surface area (Å²) in [4.78, 5) is 11.5. The molecule has 1 amide bonds. The van der Waals surface area contributed by atoms with Crippen LogP contribution in [0.25, 0.3) is 0 Å².